The quantitative estimate of drug-likeness (QED) is 0.0402. The van der Waals surface area contributed by atoms with Crippen LogP contribution in [0.5, 0.6) is 0 Å². The van der Waals surface area contributed by atoms with E-state index >= 15 is 0 Å². The van der Waals surface area contributed by atoms with E-state index in [1.807, 2.05) is 0 Å². The maximum Gasteiger partial charge on any atom is 0.217 e. The molecular weight excluding hydrogens is 738 g/mol. The lowest BCUT2D eigenvalue weighted by molar-refractivity contribution is -0.372. The highest BCUT2D eigenvalue weighted by atomic mass is 16.8. The van der Waals surface area contributed by atoms with Crippen molar-refractivity contribution in [2.75, 3.05) is 33.0 Å². The standard InChI is InChI=1S/C30H55N3O21/c1-3-16(32-9-38)31-4-11(40)18(42)25(12(41)5-34)52-30-24(48)27(20(44)14(7-36)50-30)54-28-17(33-10(2)39)21(45)26(15(8-37)51-28)53-29-23(47)22(46)19(43)13(6-35)49-29/h9,11-31,34-37,40-48H,3-8H2,1-2H3,(H,32,38)(H,33,39)/t11?,12?,13?,14?,15?,16?,17?,18?,19-,20-,21?,22?,23?,24?,25+,26+,27?,28-,29-,30-/m0/s1. The van der Waals surface area contributed by atoms with Gasteiger partial charge in [-0.15, -0.1) is 0 Å². The number of hydrogen-bond acceptors (Lipinski definition) is 22. The van der Waals surface area contributed by atoms with Crippen LogP contribution in [-0.4, -0.2) is 234 Å². The molecular formula is C30H55N3O21. The average Bonchev–Trinajstić information content (AvgIpc) is 3.15. The number of carbonyl (C=O) groups excluding carboxylic acids is 2. The summed E-state index contributed by atoms with van der Waals surface area (Å²) in [6.45, 7) is -1.32. The fourth-order valence-corrected chi connectivity index (χ4v) is 6.22. The van der Waals surface area contributed by atoms with E-state index < -0.39 is 155 Å². The first-order chi connectivity index (χ1) is 25.6. The molecule has 3 saturated heterocycles. The highest BCUT2D eigenvalue weighted by Gasteiger charge is 2.55. The lowest BCUT2D eigenvalue weighted by Gasteiger charge is -2.49. The number of nitrogens with one attached hydrogen (secondary N) is 3. The number of rotatable bonds is 20. The SMILES string of the molecule is CCC(NC=O)NCC(O)C(O)[C@H](O[C@@H]1OC(CO)[C@H](O)C(O[C@@H]2OC(CO)[C@@H](O[C@@H]3OC(CO)[C@H](O)C(O)C3O)C(O)C2NC(C)=O)C1O)C(O)CO. The molecule has 3 aliphatic rings. The van der Waals surface area contributed by atoms with E-state index in [2.05, 4.69) is 16.0 Å². The first-order valence-electron chi connectivity index (χ1n) is 17.3. The molecule has 24 nitrogen and oxygen atoms in total. The van der Waals surface area contributed by atoms with Gasteiger partial charge in [0.15, 0.2) is 18.9 Å². The molecule has 316 valence electrons. The number of carbonyl (C=O) groups is 2. The summed E-state index contributed by atoms with van der Waals surface area (Å²) in [4.78, 5) is 23.0. The van der Waals surface area contributed by atoms with E-state index in [1.165, 1.54) is 0 Å². The van der Waals surface area contributed by atoms with Gasteiger partial charge in [-0.2, -0.15) is 0 Å². The molecule has 0 saturated carbocycles. The van der Waals surface area contributed by atoms with Crippen molar-refractivity contribution in [1.82, 2.24) is 16.0 Å². The van der Waals surface area contributed by atoms with Gasteiger partial charge in [0.1, 0.15) is 91.5 Å². The Kier molecular flexibility index (Phi) is 18.6. The van der Waals surface area contributed by atoms with Crippen LogP contribution < -0.4 is 16.0 Å². The van der Waals surface area contributed by atoms with Gasteiger partial charge in [-0.25, -0.2) is 0 Å². The van der Waals surface area contributed by atoms with Gasteiger partial charge in [-0.1, -0.05) is 6.92 Å². The summed E-state index contributed by atoms with van der Waals surface area (Å²) >= 11 is 0. The minimum absolute atomic E-state index is 0.366. The van der Waals surface area contributed by atoms with Crippen LogP contribution in [0, 0.1) is 0 Å². The summed E-state index contributed by atoms with van der Waals surface area (Å²) in [5.74, 6) is -0.775. The summed E-state index contributed by atoms with van der Waals surface area (Å²) in [5.41, 5.74) is 0. The molecule has 24 heteroatoms. The predicted octanol–water partition coefficient (Wildman–Crippen LogP) is -9.89. The average molecular weight is 794 g/mol. The number of ether oxygens (including phenoxy) is 6. The zero-order chi connectivity index (χ0) is 40.4. The van der Waals surface area contributed by atoms with Crippen LogP contribution in [0.4, 0.5) is 0 Å². The number of hydrogen-bond donors (Lipinski definition) is 16. The molecule has 0 radical (unpaired) electrons. The zero-order valence-corrected chi connectivity index (χ0v) is 29.4. The maximum atomic E-state index is 12.2. The lowest BCUT2D eigenvalue weighted by Crippen LogP contribution is -2.69. The van der Waals surface area contributed by atoms with E-state index in [4.69, 9.17) is 28.4 Å². The highest BCUT2D eigenvalue weighted by Crippen LogP contribution is 2.33. The van der Waals surface area contributed by atoms with Crippen LogP contribution in [0.1, 0.15) is 20.3 Å². The zero-order valence-electron chi connectivity index (χ0n) is 29.4. The van der Waals surface area contributed by atoms with Gasteiger partial charge in [0.05, 0.1) is 38.7 Å². The van der Waals surface area contributed by atoms with Crippen LogP contribution in [0.25, 0.3) is 0 Å². The second kappa shape index (κ2) is 21.6. The van der Waals surface area contributed by atoms with E-state index in [-0.39, 0.29) is 6.54 Å². The molecule has 3 aliphatic heterocycles. The molecule has 0 spiro atoms. The molecule has 0 aromatic heterocycles. The molecule has 0 aliphatic carbocycles. The molecule has 20 atom stereocenters. The smallest absolute Gasteiger partial charge is 0.217 e. The first kappa shape index (κ1) is 46.5. The normalized spacial score (nSPS) is 40.2. The van der Waals surface area contributed by atoms with Gasteiger partial charge >= 0.3 is 0 Å². The molecule has 13 unspecified atom stereocenters. The number of aliphatic hydroxyl groups excluding tert-OH is 13. The number of aliphatic hydroxyl groups is 13. The molecule has 0 aromatic carbocycles. The van der Waals surface area contributed by atoms with Gasteiger partial charge in [0, 0.05) is 13.5 Å². The van der Waals surface area contributed by atoms with Crippen molar-refractivity contribution in [3.8, 4) is 0 Å². The van der Waals surface area contributed by atoms with Gasteiger partial charge < -0.3 is 105 Å². The molecule has 54 heavy (non-hydrogen) atoms. The predicted molar refractivity (Wildman–Crippen MR) is 172 cm³/mol. The largest absolute Gasteiger partial charge is 0.394 e. The minimum atomic E-state index is -2.10. The van der Waals surface area contributed by atoms with Gasteiger partial charge in [0.2, 0.25) is 12.3 Å². The van der Waals surface area contributed by atoms with Crippen LogP contribution in [0.15, 0.2) is 0 Å². The van der Waals surface area contributed by atoms with Crippen LogP contribution >= 0.6 is 0 Å². The minimum Gasteiger partial charge on any atom is -0.394 e. The van der Waals surface area contributed by atoms with Gasteiger partial charge in [0.25, 0.3) is 0 Å². The Bertz CT molecular complexity index is 1130. The van der Waals surface area contributed by atoms with Crippen molar-refractivity contribution in [2.45, 2.75) is 143 Å². The lowest BCUT2D eigenvalue weighted by atomic mass is 9.94. The summed E-state index contributed by atoms with van der Waals surface area (Å²) in [6.07, 6.45) is -32.6. The maximum absolute atomic E-state index is 12.2. The monoisotopic (exact) mass is 793 g/mol. The number of amides is 2. The van der Waals surface area contributed by atoms with Crippen molar-refractivity contribution in [3.05, 3.63) is 0 Å². The molecule has 0 bridgehead atoms. The fourth-order valence-electron chi connectivity index (χ4n) is 6.22. The summed E-state index contributed by atoms with van der Waals surface area (Å²) in [6, 6.07) is -1.65. The second-order valence-corrected chi connectivity index (χ2v) is 13.1. The molecule has 3 rings (SSSR count). The highest BCUT2D eigenvalue weighted by molar-refractivity contribution is 5.73. The summed E-state index contributed by atoms with van der Waals surface area (Å²) in [7, 11) is 0. The molecule has 3 heterocycles. The van der Waals surface area contributed by atoms with Crippen LogP contribution in [0.3, 0.4) is 0 Å². The van der Waals surface area contributed by atoms with E-state index in [0.29, 0.717) is 12.8 Å². The third-order valence-electron chi connectivity index (χ3n) is 9.32. The molecule has 0 aromatic rings. The second-order valence-electron chi connectivity index (χ2n) is 13.1. The summed E-state index contributed by atoms with van der Waals surface area (Å²) < 4.78 is 33.7. The third-order valence-corrected chi connectivity index (χ3v) is 9.32. The Hall–Kier alpha value is -1.86. The van der Waals surface area contributed by atoms with Crippen LogP contribution in [0.2, 0.25) is 0 Å². The van der Waals surface area contributed by atoms with E-state index in [0.717, 1.165) is 6.92 Å². The Morgan fingerprint density at radius 2 is 1.30 bits per heavy atom. The van der Waals surface area contributed by atoms with Gasteiger partial charge in [-0.3, -0.25) is 14.9 Å². The Morgan fingerprint density at radius 1 is 0.722 bits per heavy atom. The third kappa shape index (κ3) is 11.2. The Balaban J connectivity index is 1.85. The van der Waals surface area contributed by atoms with Crippen molar-refractivity contribution in [3.63, 3.8) is 0 Å². The topological polar surface area (TPSA) is 389 Å². The fraction of sp³-hybridized carbons (Fsp3) is 0.933. The summed E-state index contributed by atoms with van der Waals surface area (Å²) in [5, 5.41) is 143. The van der Waals surface area contributed by atoms with Crippen LogP contribution in [-0.2, 0) is 38.0 Å². The first-order valence-corrected chi connectivity index (χ1v) is 17.3. The van der Waals surface area contributed by atoms with Crippen molar-refractivity contribution < 1.29 is 104 Å². The van der Waals surface area contributed by atoms with E-state index in [1.54, 1.807) is 6.92 Å². The molecule has 16 N–H and O–H groups in total. The molecule has 3 fully saturated rings. The Morgan fingerprint density at radius 3 is 1.85 bits per heavy atom. The van der Waals surface area contributed by atoms with Crippen molar-refractivity contribution in [1.29, 1.82) is 0 Å². The molecule has 2 amide bonds. The van der Waals surface area contributed by atoms with E-state index in [9.17, 15) is 76.0 Å². The van der Waals surface area contributed by atoms with Gasteiger partial charge in [-0.05, 0) is 6.42 Å². The van der Waals surface area contributed by atoms with Crippen molar-refractivity contribution >= 4 is 12.3 Å². The van der Waals surface area contributed by atoms with Crippen molar-refractivity contribution in [2.24, 2.45) is 0 Å². The Labute approximate surface area is 308 Å².